The number of rotatable bonds is 7. The van der Waals surface area contributed by atoms with Crippen LogP contribution < -0.4 is 4.90 Å². The van der Waals surface area contributed by atoms with E-state index >= 15 is 0 Å². The van der Waals surface area contributed by atoms with Gasteiger partial charge in [0.1, 0.15) is 17.5 Å². The van der Waals surface area contributed by atoms with Crippen molar-refractivity contribution in [2.24, 2.45) is 0 Å². The molecule has 2 aromatic heterocycles. The van der Waals surface area contributed by atoms with Crippen molar-refractivity contribution in [2.45, 2.75) is 33.7 Å². The lowest BCUT2D eigenvalue weighted by Crippen LogP contribution is -2.50. The molecule has 32 heavy (non-hydrogen) atoms. The molecule has 0 aliphatic carbocycles. The van der Waals surface area contributed by atoms with Crippen molar-refractivity contribution >= 4 is 23.8 Å². The van der Waals surface area contributed by atoms with Crippen LogP contribution in [-0.2, 0) is 20.9 Å². The van der Waals surface area contributed by atoms with Gasteiger partial charge in [0, 0.05) is 50.3 Å². The molecule has 1 aliphatic heterocycles. The molecule has 0 saturated carbocycles. The van der Waals surface area contributed by atoms with Gasteiger partial charge in [-0.1, -0.05) is 13.0 Å². The number of aromatic nitrogens is 2. The number of anilines is 1. The molecule has 0 bridgehead atoms. The Kier molecular flexibility index (Phi) is 7.66. The predicted octanol–water partition coefficient (Wildman–Crippen LogP) is 2.71. The number of nitriles is 1. The third-order valence-corrected chi connectivity index (χ3v) is 5.63. The van der Waals surface area contributed by atoms with Gasteiger partial charge in [0.2, 0.25) is 0 Å². The van der Waals surface area contributed by atoms with Gasteiger partial charge in [-0.25, -0.2) is 9.78 Å². The van der Waals surface area contributed by atoms with Crippen LogP contribution in [0.4, 0.5) is 5.82 Å². The number of piperazine rings is 1. The van der Waals surface area contributed by atoms with Crippen molar-refractivity contribution in [1.29, 1.82) is 5.26 Å². The van der Waals surface area contributed by atoms with Gasteiger partial charge in [0.05, 0.1) is 0 Å². The van der Waals surface area contributed by atoms with Crippen LogP contribution in [0, 0.1) is 25.2 Å². The quantitative estimate of drug-likeness (QED) is 0.377. The van der Waals surface area contributed by atoms with E-state index < -0.39 is 5.97 Å². The summed E-state index contributed by atoms with van der Waals surface area (Å²) in [6, 6.07) is 9.59. The number of amides is 1. The highest BCUT2D eigenvalue weighted by Crippen LogP contribution is 2.19. The van der Waals surface area contributed by atoms with Gasteiger partial charge in [-0.2, -0.15) is 5.26 Å². The number of hydrogen-bond acceptors (Lipinski definition) is 6. The summed E-state index contributed by atoms with van der Waals surface area (Å²) in [5.74, 6) is -0.168. The molecule has 0 aromatic carbocycles. The number of hydrogen-bond donors (Lipinski definition) is 0. The largest absolute Gasteiger partial charge is 0.451 e. The number of pyridine rings is 1. The second kappa shape index (κ2) is 10.6. The molecule has 1 amide bonds. The Morgan fingerprint density at radius 3 is 2.59 bits per heavy atom. The summed E-state index contributed by atoms with van der Waals surface area (Å²) in [5.41, 5.74) is 2.75. The minimum atomic E-state index is -0.784. The summed E-state index contributed by atoms with van der Waals surface area (Å²) in [6.45, 7) is 8.92. The molecule has 0 spiro atoms. The SMILES string of the molecule is CCCn1c(C)cc(/C=C(\C#N)C(=O)OCC(=O)N2CCN(c3ccccn3)CC2)c1C. The zero-order valence-corrected chi connectivity index (χ0v) is 18.9. The molecule has 8 nitrogen and oxygen atoms in total. The molecule has 0 unspecified atom stereocenters. The predicted molar refractivity (Wildman–Crippen MR) is 122 cm³/mol. The lowest BCUT2D eigenvalue weighted by atomic mass is 10.1. The van der Waals surface area contributed by atoms with Crippen LogP contribution in [0.1, 0.15) is 30.3 Å². The van der Waals surface area contributed by atoms with Gasteiger partial charge in [-0.3, -0.25) is 4.79 Å². The fourth-order valence-electron chi connectivity index (χ4n) is 3.86. The summed E-state index contributed by atoms with van der Waals surface area (Å²) in [5, 5.41) is 9.45. The highest BCUT2D eigenvalue weighted by atomic mass is 16.5. The van der Waals surface area contributed by atoms with Crippen molar-refractivity contribution in [3.8, 4) is 6.07 Å². The van der Waals surface area contributed by atoms with Crippen LogP contribution >= 0.6 is 0 Å². The monoisotopic (exact) mass is 435 g/mol. The van der Waals surface area contributed by atoms with E-state index in [0.717, 1.165) is 35.7 Å². The van der Waals surface area contributed by atoms with E-state index in [2.05, 4.69) is 21.4 Å². The Morgan fingerprint density at radius 1 is 1.22 bits per heavy atom. The third kappa shape index (κ3) is 5.35. The van der Waals surface area contributed by atoms with Crippen molar-refractivity contribution in [1.82, 2.24) is 14.5 Å². The average molecular weight is 436 g/mol. The molecular weight excluding hydrogens is 406 g/mol. The van der Waals surface area contributed by atoms with Crippen LogP contribution in [0.5, 0.6) is 0 Å². The first-order chi connectivity index (χ1) is 15.4. The van der Waals surface area contributed by atoms with Crippen LogP contribution in [0.2, 0.25) is 0 Å². The Balaban J connectivity index is 1.55. The fourth-order valence-corrected chi connectivity index (χ4v) is 3.86. The third-order valence-electron chi connectivity index (χ3n) is 5.63. The van der Waals surface area contributed by atoms with E-state index in [-0.39, 0.29) is 18.1 Å². The highest BCUT2D eigenvalue weighted by Gasteiger charge is 2.23. The van der Waals surface area contributed by atoms with E-state index in [0.29, 0.717) is 26.2 Å². The van der Waals surface area contributed by atoms with Crippen LogP contribution in [-0.4, -0.2) is 59.1 Å². The molecule has 168 valence electrons. The number of nitrogens with zero attached hydrogens (tertiary/aromatic N) is 5. The lowest BCUT2D eigenvalue weighted by Gasteiger charge is -2.35. The van der Waals surface area contributed by atoms with E-state index in [9.17, 15) is 14.9 Å². The van der Waals surface area contributed by atoms with Gasteiger partial charge in [-0.15, -0.1) is 0 Å². The highest BCUT2D eigenvalue weighted by molar-refractivity contribution is 5.99. The van der Waals surface area contributed by atoms with Gasteiger partial charge < -0.3 is 19.1 Å². The number of carbonyl (C=O) groups is 2. The first-order valence-corrected chi connectivity index (χ1v) is 10.8. The molecule has 1 aliphatic rings. The maximum absolute atomic E-state index is 12.5. The van der Waals surface area contributed by atoms with E-state index in [1.165, 1.54) is 6.08 Å². The first kappa shape index (κ1) is 23.1. The standard InChI is InChI=1S/C24H29N5O3/c1-4-9-29-18(2)14-20(19(29)3)15-21(16-25)24(31)32-17-23(30)28-12-10-27(11-13-28)22-7-5-6-8-26-22/h5-8,14-15H,4,9-13,17H2,1-3H3/b21-15+. The van der Waals surface area contributed by atoms with Crippen LogP contribution in [0.15, 0.2) is 36.0 Å². The zero-order valence-electron chi connectivity index (χ0n) is 18.9. The van der Waals surface area contributed by atoms with Crippen LogP contribution in [0.25, 0.3) is 6.08 Å². The Morgan fingerprint density at radius 2 is 1.97 bits per heavy atom. The molecule has 3 rings (SSSR count). The smallest absolute Gasteiger partial charge is 0.349 e. The molecule has 1 fully saturated rings. The molecule has 2 aromatic rings. The maximum Gasteiger partial charge on any atom is 0.349 e. The molecule has 0 radical (unpaired) electrons. The van der Waals surface area contributed by atoms with Crippen LogP contribution in [0.3, 0.4) is 0 Å². The molecule has 0 N–H and O–H groups in total. The van der Waals surface area contributed by atoms with Crippen molar-refractivity contribution in [3.63, 3.8) is 0 Å². The van der Waals surface area contributed by atoms with E-state index in [1.54, 1.807) is 11.1 Å². The molecular formula is C24H29N5O3. The number of carbonyl (C=O) groups excluding carboxylic acids is 2. The Hall–Kier alpha value is -3.60. The first-order valence-electron chi connectivity index (χ1n) is 10.8. The lowest BCUT2D eigenvalue weighted by molar-refractivity contribution is -0.148. The van der Waals surface area contributed by atoms with Gasteiger partial charge in [0.15, 0.2) is 6.61 Å². The Bertz CT molecular complexity index is 1030. The van der Waals surface area contributed by atoms with Gasteiger partial charge in [-0.05, 0) is 50.1 Å². The minimum Gasteiger partial charge on any atom is -0.451 e. The van der Waals surface area contributed by atoms with E-state index in [1.807, 2.05) is 44.2 Å². The average Bonchev–Trinajstić information content (AvgIpc) is 3.09. The second-order valence-electron chi connectivity index (χ2n) is 7.78. The van der Waals surface area contributed by atoms with E-state index in [4.69, 9.17) is 4.74 Å². The van der Waals surface area contributed by atoms with Gasteiger partial charge >= 0.3 is 5.97 Å². The van der Waals surface area contributed by atoms with Gasteiger partial charge in [0.25, 0.3) is 5.91 Å². The molecule has 0 atom stereocenters. The number of esters is 1. The van der Waals surface area contributed by atoms with Crippen molar-refractivity contribution < 1.29 is 14.3 Å². The fraction of sp³-hybridized carbons (Fsp3) is 0.417. The molecule has 3 heterocycles. The topological polar surface area (TPSA) is 91.5 Å². The minimum absolute atomic E-state index is 0.116. The molecule has 8 heteroatoms. The normalized spacial score (nSPS) is 14.2. The maximum atomic E-state index is 12.5. The summed E-state index contributed by atoms with van der Waals surface area (Å²) >= 11 is 0. The zero-order chi connectivity index (χ0) is 23.1. The van der Waals surface area contributed by atoms with Crippen molar-refractivity contribution in [3.05, 3.63) is 53.0 Å². The summed E-state index contributed by atoms with van der Waals surface area (Å²) < 4.78 is 7.32. The summed E-state index contributed by atoms with van der Waals surface area (Å²) in [4.78, 5) is 33.0. The number of aryl methyl sites for hydroxylation is 1. The Labute approximate surface area is 188 Å². The molecule has 1 saturated heterocycles. The summed E-state index contributed by atoms with van der Waals surface area (Å²) in [6.07, 6.45) is 4.27. The number of ether oxygens (including phenoxy) is 1. The van der Waals surface area contributed by atoms with Crippen molar-refractivity contribution in [2.75, 3.05) is 37.7 Å². The second-order valence-corrected chi connectivity index (χ2v) is 7.78. The summed E-state index contributed by atoms with van der Waals surface area (Å²) in [7, 11) is 0.